The van der Waals surface area contributed by atoms with Gasteiger partial charge in [-0.3, -0.25) is 9.59 Å². The van der Waals surface area contributed by atoms with Gasteiger partial charge in [-0.05, 0) is 29.5 Å². The van der Waals surface area contributed by atoms with Crippen LogP contribution in [0.1, 0.15) is 42.4 Å². The van der Waals surface area contributed by atoms with Gasteiger partial charge in [0.1, 0.15) is 6.04 Å². The van der Waals surface area contributed by atoms with Gasteiger partial charge in [0.15, 0.2) is 0 Å². The van der Waals surface area contributed by atoms with Crippen LogP contribution >= 0.6 is 0 Å². The molecule has 0 aliphatic heterocycles. The Hall–Kier alpha value is -3.40. The van der Waals surface area contributed by atoms with E-state index in [-0.39, 0.29) is 24.3 Å². The lowest BCUT2D eigenvalue weighted by Crippen LogP contribution is -2.52. The van der Waals surface area contributed by atoms with Crippen molar-refractivity contribution in [3.63, 3.8) is 0 Å². The highest BCUT2D eigenvalue weighted by atomic mass is 16.2. The number of hydrogen-bond donors (Lipinski definition) is 1. The summed E-state index contributed by atoms with van der Waals surface area (Å²) in [6.45, 7) is 0.405. The third-order valence-corrected chi connectivity index (χ3v) is 6.37. The van der Waals surface area contributed by atoms with Crippen molar-refractivity contribution in [1.82, 2.24) is 10.2 Å². The van der Waals surface area contributed by atoms with E-state index in [9.17, 15) is 9.59 Å². The molecule has 1 aliphatic carbocycles. The summed E-state index contributed by atoms with van der Waals surface area (Å²) >= 11 is 0. The molecular formula is C29H32N2O2. The van der Waals surface area contributed by atoms with Gasteiger partial charge in [-0.1, -0.05) is 104 Å². The lowest BCUT2D eigenvalue weighted by atomic mass is 10.0. The van der Waals surface area contributed by atoms with Gasteiger partial charge in [-0.25, -0.2) is 0 Å². The van der Waals surface area contributed by atoms with E-state index in [1.165, 1.54) is 0 Å². The predicted molar refractivity (Wildman–Crippen MR) is 131 cm³/mol. The number of hydrogen-bond acceptors (Lipinski definition) is 2. The van der Waals surface area contributed by atoms with Crippen LogP contribution in [-0.2, 0) is 29.0 Å². The molecule has 3 aromatic carbocycles. The summed E-state index contributed by atoms with van der Waals surface area (Å²) in [5, 5.41) is 3.25. The molecule has 33 heavy (non-hydrogen) atoms. The molecule has 170 valence electrons. The minimum absolute atomic E-state index is 0.0347. The predicted octanol–water partition coefficient (Wildman–Crippen LogP) is 4.93. The molecule has 3 aromatic rings. The zero-order chi connectivity index (χ0) is 22.9. The number of nitrogens with zero attached hydrogens (tertiary/aromatic N) is 1. The fourth-order valence-electron chi connectivity index (χ4n) is 4.57. The number of carbonyl (C=O) groups is 2. The Balaban J connectivity index is 1.63. The average molecular weight is 441 g/mol. The first kappa shape index (κ1) is 22.8. The molecule has 0 bridgehead atoms. The third-order valence-electron chi connectivity index (χ3n) is 6.37. The lowest BCUT2D eigenvalue weighted by Gasteiger charge is -2.32. The number of nitrogens with one attached hydrogen (secondary N) is 1. The van der Waals surface area contributed by atoms with E-state index < -0.39 is 6.04 Å². The summed E-state index contributed by atoms with van der Waals surface area (Å²) in [6, 6.07) is 29.3. The van der Waals surface area contributed by atoms with Gasteiger partial charge < -0.3 is 10.2 Å². The van der Waals surface area contributed by atoms with Crippen LogP contribution in [-0.4, -0.2) is 28.8 Å². The van der Waals surface area contributed by atoms with E-state index in [0.29, 0.717) is 13.0 Å². The van der Waals surface area contributed by atoms with Gasteiger partial charge in [0.2, 0.25) is 11.8 Å². The van der Waals surface area contributed by atoms with Crippen molar-refractivity contribution in [1.29, 1.82) is 0 Å². The SMILES string of the molecule is O=C(NC1CCCC1)[C@H](Cc1ccccc1)N(Cc1ccccc1)C(=O)Cc1ccccc1. The molecule has 0 radical (unpaired) electrons. The first-order valence-corrected chi connectivity index (χ1v) is 11.9. The minimum atomic E-state index is -0.565. The summed E-state index contributed by atoms with van der Waals surface area (Å²) < 4.78 is 0. The highest BCUT2D eigenvalue weighted by Gasteiger charge is 2.32. The first-order valence-electron chi connectivity index (χ1n) is 11.9. The molecule has 4 rings (SSSR count). The van der Waals surface area contributed by atoms with Crippen LogP contribution in [0.3, 0.4) is 0 Å². The van der Waals surface area contributed by atoms with Gasteiger partial charge >= 0.3 is 0 Å². The molecule has 1 saturated carbocycles. The quantitative estimate of drug-likeness (QED) is 0.513. The van der Waals surface area contributed by atoms with Gasteiger partial charge in [-0.15, -0.1) is 0 Å². The van der Waals surface area contributed by atoms with Crippen molar-refractivity contribution in [3.8, 4) is 0 Å². The second-order valence-electron chi connectivity index (χ2n) is 8.87. The van der Waals surface area contributed by atoms with E-state index >= 15 is 0 Å². The lowest BCUT2D eigenvalue weighted by molar-refractivity contribution is -0.141. The molecule has 1 N–H and O–H groups in total. The molecule has 0 unspecified atom stereocenters. The van der Waals surface area contributed by atoms with E-state index in [1.807, 2.05) is 91.0 Å². The summed E-state index contributed by atoms with van der Waals surface area (Å²) in [4.78, 5) is 29.0. The van der Waals surface area contributed by atoms with Crippen molar-refractivity contribution in [2.45, 2.75) is 57.2 Å². The van der Waals surface area contributed by atoms with Gasteiger partial charge in [0.25, 0.3) is 0 Å². The molecule has 1 aliphatic rings. The Bertz CT molecular complexity index is 1020. The van der Waals surface area contributed by atoms with Crippen molar-refractivity contribution >= 4 is 11.8 Å². The van der Waals surface area contributed by atoms with E-state index in [4.69, 9.17) is 0 Å². The molecular weight excluding hydrogens is 408 g/mol. The Morgan fingerprint density at radius 1 is 0.758 bits per heavy atom. The smallest absolute Gasteiger partial charge is 0.243 e. The third kappa shape index (κ3) is 6.55. The molecule has 0 heterocycles. The molecule has 0 saturated heterocycles. The summed E-state index contributed by atoms with van der Waals surface area (Å²) in [5.41, 5.74) is 3.02. The first-order chi connectivity index (χ1) is 16.2. The van der Waals surface area contributed by atoms with Crippen LogP contribution < -0.4 is 5.32 Å². The van der Waals surface area contributed by atoms with E-state index in [1.54, 1.807) is 4.90 Å². The second-order valence-corrected chi connectivity index (χ2v) is 8.87. The maximum Gasteiger partial charge on any atom is 0.243 e. The number of benzene rings is 3. The molecule has 0 spiro atoms. The fraction of sp³-hybridized carbons (Fsp3) is 0.310. The largest absolute Gasteiger partial charge is 0.352 e. The number of carbonyl (C=O) groups excluding carboxylic acids is 2. The molecule has 2 amide bonds. The van der Waals surface area contributed by atoms with Crippen molar-refractivity contribution < 1.29 is 9.59 Å². The highest BCUT2D eigenvalue weighted by molar-refractivity contribution is 5.89. The number of amides is 2. The summed E-state index contributed by atoms with van der Waals surface area (Å²) in [6.07, 6.45) is 5.09. The van der Waals surface area contributed by atoms with Crippen LogP contribution in [0.15, 0.2) is 91.0 Å². The standard InChI is InChI=1S/C29H32N2O2/c32-28(21-24-14-6-2-7-15-24)31(22-25-16-8-3-9-17-25)27(20-23-12-4-1-5-13-23)29(33)30-26-18-10-11-19-26/h1-9,12-17,26-27H,10-11,18-22H2,(H,30,33)/t27-/m0/s1. The van der Waals surface area contributed by atoms with Crippen molar-refractivity contribution in [3.05, 3.63) is 108 Å². The number of rotatable bonds is 9. The summed E-state index contributed by atoms with van der Waals surface area (Å²) in [5.74, 6) is -0.0874. The van der Waals surface area contributed by atoms with Crippen LogP contribution in [0, 0.1) is 0 Å². The van der Waals surface area contributed by atoms with E-state index in [0.717, 1.165) is 42.4 Å². The molecule has 0 aromatic heterocycles. The van der Waals surface area contributed by atoms with Gasteiger partial charge in [0, 0.05) is 19.0 Å². The second kappa shape index (κ2) is 11.5. The zero-order valence-corrected chi connectivity index (χ0v) is 19.0. The van der Waals surface area contributed by atoms with Gasteiger partial charge in [-0.2, -0.15) is 0 Å². The Labute approximate surface area is 196 Å². The van der Waals surface area contributed by atoms with Crippen LogP contribution in [0.2, 0.25) is 0 Å². The monoisotopic (exact) mass is 440 g/mol. The molecule has 4 nitrogen and oxygen atoms in total. The maximum absolute atomic E-state index is 13.6. The highest BCUT2D eigenvalue weighted by Crippen LogP contribution is 2.20. The maximum atomic E-state index is 13.6. The molecule has 4 heteroatoms. The fourth-order valence-corrected chi connectivity index (χ4v) is 4.57. The Morgan fingerprint density at radius 3 is 1.85 bits per heavy atom. The Kier molecular flexibility index (Phi) is 7.91. The Morgan fingerprint density at radius 2 is 1.27 bits per heavy atom. The molecule has 1 atom stereocenters. The van der Waals surface area contributed by atoms with Gasteiger partial charge in [0.05, 0.1) is 6.42 Å². The van der Waals surface area contributed by atoms with E-state index in [2.05, 4.69) is 5.32 Å². The normalized spacial score (nSPS) is 14.5. The minimum Gasteiger partial charge on any atom is -0.352 e. The molecule has 1 fully saturated rings. The van der Waals surface area contributed by atoms with Crippen LogP contribution in [0.5, 0.6) is 0 Å². The van der Waals surface area contributed by atoms with Crippen molar-refractivity contribution in [2.75, 3.05) is 0 Å². The van der Waals surface area contributed by atoms with Crippen LogP contribution in [0.25, 0.3) is 0 Å². The summed E-state index contributed by atoms with van der Waals surface area (Å²) in [7, 11) is 0. The van der Waals surface area contributed by atoms with Crippen molar-refractivity contribution in [2.24, 2.45) is 0 Å². The zero-order valence-electron chi connectivity index (χ0n) is 19.0. The topological polar surface area (TPSA) is 49.4 Å². The van der Waals surface area contributed by atoms with Crippen LogP contribution in [0.4, 0.5) is 0 Å². The average Bonchev–Trinajstić information content (AvgIpc) is 3.36.